The Morgan fingerprint density at radius 2 is 1.67 bits per heavy atom. The molecule has 0 bridgehead atoms. The molecule has 3 atom stereocenters. The van der Waals surface area contributed by atoms with Gasteiger partial charge in [-0.3, -0.25) is 9.68 Å². The second kappa shape index (κ2) is 8.52. The number of rotatable bonds is 11. The van der Waals surface area contributed by atoms with E-state index in [1.54, 1.807) is 6.92 Å². The summed E-state index contributed by atoms with van der Waals surface area (Å²) in [6.07, 6.45) is 8.90. The maximum absolute atomic E-state index is 12.2. The predicted molar refractivity (Wildman–Crippen MR) is 81.5 cm³/mol. The standard InChI is InChI=1S/C17H30O4/c1-5-7-8-9-10-11-12-14-15(13(3)18)17(14,6-2)16(19)21-20-4/h14-15H,5-12H2,1-4H3. The summed E-state index contributed by atoms with van der Waals surface area (Å²) in [6, 6.07) is 0. The van der Waals surface area contributed by atoms with E-state index in [4.69, 9.17) is 4.89 Å². The van der Waals surface area contributed by atoms with E-state index in [-0.39, 0.29) is 23.6 Å². The highest BCUT2D eigenvalue weighted by molar-refractivity contribution is 5.94. The molecule has 1 saturated carbocycles. The molecule has 21 heavy (non-hydrogen) atoms. The van der Waals surface area contributed by atoms with Gasteiger partial charge in [0.05, 0.1) is 12.5 Å². The van der Waals surface area contributed by atoms with Crippen molar-refractivity contribution >= 4 is 11.8 Å². The molecule has 0 heterocycles. The van der Waals surface area contributed by atoms with Gasteiger partial charge in [0.2, 0.25) is 0 Å². The Hall–Kier alpha value is -0.900. The lowest BCUT2D eigenvalue weighted by Crippen LogP contribution is -2.23. The molecule has 1 fully saturated rings. The average Bonchev–Trinajstić information content (AvgIpc) is 3.12. The summed E-state index contributed by atoms with van der Waals surface area (Å²) in [4.78, 5) is 33.2. The molecule has 0 aromatic rings. The smallest absolute Gasteiger partial charge is 0.300 e. The molecular weight excluding hydrogens is 268 g/mol. The Balaban J connectivity index is 2.51. The molecule has 4 heteroatoms. The zero-order chi connectivity index (χ0) is 15.9. The van der Waals surface area contributed by atoms with Crippen LogP contribution in [0, 0.1) is 17.3 Å². The van der Waals surface area contributed by atoms with Crippen molar-refractivity contribution in [2.24, 2.45) is 17.3 Å². The quantitative estimate of drug-likeness (QED) is 0.328. The van der Waals surface area contributed by atoms with Crippen LogP contribution in [0.1, 0.15) is 72.1 Å². The minimum Gasteiger partial charge on any atom is -0.300 e. The number of unbranched alkanes of at least 4 members (excludes halogenated alkanes) is 5. The van der Waals surface area contributed by atoms with Crippen molar-refractivity contribution in [3.05, 3.63) is 0 Å². The number of ketones is 1. The fraction of sp³-hybridized carbons (Fsp3) is 0.882. The van der Waals surface area contributed by atoms with Crippen LogP contribution in [0.5, 0.6) is 0 Å². The van der Waals surface area contributed by atoms with Gasteiger partial charge in [0.1, 0.15) is 5.78 Å². The van der Waals surface area contributed by atoms with Gasteiger partial charge in [0.25, 0.3) is 0 Å². The first kappa shape index (κ1) is 18.1. The van der Waals surface area contributed by atoms with Gasteiger partial charge in [0.15, 0.2) is 0 Å². The molecule has 0 N–H and O–H groups in total. The molecule has 0 aromatic heterocycles. The highest BCUT2D eigenvalue weighted by Gasteiger charge is 2.70. The first-order chi connectivity index (χ1) is 10.1. The normalized spacial score (nSPS) is 27.4. The number of Topliss-reactive ketones (excluding diaryl/α,β-unsaturated/α-hetero) is 1. The molecule has 0 spiro atoms. The van der Waals surface area contributed by atoms with Gasteiger partial charge in [-0.25, -0.2) is 4.79 Å². The molecule has 0 aromatic carbocycles. The molecular formula is C17H30O4. The summed E-state index contributed by atoms with van der Waals surface area (Å²) < 4.78 is 0. The van der Waals surface area contributed by atoms with Gasteiger partial charge in [-0.05, 0) is 25.7 Å². The van der Waals surface area contributed by atoms with Crippen molar-refractivity contribution in [2.75, 3.05) is 7.11 Å². The maximum Gasteiger partial charge on any atom is 0.349 e. The summed E-state index contributed by atoms with van der Waals surface area (Å²) in [5.74, 6) is -0.320. The predicted octanol–water partition coefficient (Wildman–Crippen LogP) is 4.07. The van der Waals surface area contributed by atoms with E-state index in [1.807, 2.05) is 6.92 Å². The Labute approximate surface area is 128 Å². The summed E-state index contributed by atoms with van der Waals surface area (Å²) in [6.45, 7) is 5.74. The van der Waals surface area contributed by atoms with E-state index in [0.717, 1.165) is 12.8 Å². The fourth-order valence-electron chi connectivity index (χ4n) is 3.79. The molecule has 1 rings (SSSR count). The van der Waals surface area contributed by atoms with Gasteiger partial charge >= 0.3 is 5.97 Å². The first-order valence-corrected chi connectivity index (χ1v) is 8.31. The third kappa shape index (κ3) is 4.06. The Bertz CT molecular complexity index is 353. The number of hydrogen-bond acceptors (Lipinski definition) is 4. The summed E-state index contributed by atoms with van der Waals surface area (Å²) in [7, 11) is 1.33. The molecule has 122 valence electrons. The van der Waals surface area contributed by atoms with E-state index >= 15 is 0 Å². The zero-order valence-corrected chi connectivity index (χ0v) is 13.9. The van der Waals surface area contributed by atoms with Gasteiger partial charge in [-0.2, -0.15) is 4.89 Å². The third-order valence-corrected chi connectivity index (χ3v) is 4.94. The molecule has 1 aliphatic rings. The number of carbonyl (C=O) groups excluding carboxylic acids is 2. The highest BCUT2D eigenvalue weighted by atomic mass is 17.2. The van der Waals surface area contributed by atoms with Crippen LogP contribution in [-0.2, 0) is 19.4 Å². The average molecular weight is 298 g/mol. The first-order valence-electron chi connectivity index (χ1n) is 8.31. The molecule has 0 saturated heterocycles. The zero-order valence-electron chi connectivity index (χ0n) is 13.9. The maximum atomic E-state index is 12.2. The van der Waals surface area contributed by atoms with Crippen molar-refractivity contribution in [1.82, 2.24) is 0 Å². The minimum absolute atomic E-state index is 0.0980. The van der Waals surface area contributed by atoms with Crippen molar-refractivity contribution in [1.29, 1.82) is 0 Å². The van der Waals surface area contributed by atoms with Gasteiger partial charge in [0, 0.05) is 5.92 Å². The second-order valence-corrected chi connectivity index (χ2v) is 6.18. The van der Waals surface area contributed by atoms with E-state index in [0.29, 0.717) is 6.42 Å². The number of carbonyl (C=O) groups is 2. The van der Waals surface area contributed by atoms with Crippen molar-refractivity contribution < 1.29 is 19.4 Å². The van der Waals surface area contributed by atoms with Crippen molar-refractivity contribution in [2.45, 2.75) is 72.1 Å². The van der Waals surface area contributed by atoms with Gasteiger partial charge < -0.3 is 0 Å². The lowest BCUT2D eigenvalue weighted by Gasteiger charge is -2.12. The highest BCUT2D eigenvalue weighted by Crippen LogP contribution is 2.64. The Morgan fingerprint density at radius 3 is 2.19 bits per heavy atom. The van der Waals surface area contributed by atoms with Crippen LogP contribution in [-0.4, -0.2) is 18.9 Å². The summed E-state index contributed by atoms with van der Waals surface area (Å²) in [5.41, 5.74) is -0.634. The largest absolute Gasteiger partial charge is 0.349 e. The van der Waals surface area contributed by atoms with Gasteiger partial charge in [-0.1, -0.05) is 52.4 Å². The van der Waals surface area contributed by atoms with E-state index < -0.39 is 5.41 Å². The van der Waals surface area contributed by atoms with Crippen LogP contribution in [0.4, 0.5) is 0 Å². The lowest BCUT2D eigenvalue weighted by molar-refractivity contribution is -0.261. The van der Waals surface area contributed by atoms with Crippen molar-refractivity contribution in [3.8, 4) is 0 Å². The summed E-state index contributed by atoms with van der Waals surface area (Å²) in [5, 5.41) is 0. The van der Waals surface area contributed by atoms with E-state index in [2.05, 4.69) is 11.8 Å². The topological polar surface area (TPSA) is 52.6 Å². The molecule has 0 aliphatic heterocycles. The van der Waals surface area contributed by atoms with Crippen LogP contribution in [0.3, 0.4) is 0 Å². The number of hydrogen-bond donors (Lipinski definition) is 0. The lowest BCUT2D eigenvalue weighted by atomic mass is 9.96. The molecule has 0 radical (unpaired) electrons. The van der Waals surface area contributed by atoms with Gasteiger partial charge in [-0.15, -0.1) is 0 Å². The van der Waals surface area contributed by atoms with Crippen LogP contribution in [0.2, 0.25) is 0 Å². The van der Waals surface area contributed by atoms with Crippen LogP contribution < -0.4 is 0 Å². The Kier molecular flexibility index (Phi) is 7.36. The monoisotopic (exact) mass is 298 g/mol. The minimum atomic E-state index is -0.634. The van der Waals surface area contributed by atoms with E-state index in [1.165, 1.54) is 39.2 Å². The fourth-order valence-corrected chi connectivity index (χ4v) is 3.79. The summed E-state index contributed by atoms with van der Waals surface area (Å²) >= 11 is 0. The second-order valence-electron chi connectivity index (χ2n) is 6.18. The van der Waals surface area contributed by atoms with Crippen molar-refractivity contribution in [3.63, 3.8) is 0 Å². The van der Waals surface area contributed by atoms with Crippen LogP contribution >= 0.6 is 0 Å². The molecule has 3 unspecified atom stereocenters. The SMILES string of the molecule is CCCCCCCCC1C(C(C)=O)C1(CC)C(=O)OOC. The Morgan fingerprint density at radius 1 is 1.05 bits per heavy atom. The molecule has 0 amide bonds. The molecule has 1 aliphatic carbocycles. The third-order valence-electron chi connectivity index (χ3n) is 4.94. The van der Waals surface area contributed by atoms with Crippen LogP contribution in [0.15, 0.2) is 0 Å². The molecule has 4 nitrogen and oxygen atoms in total. The van der Waals surface area contributed by atoms with Crippen LogP contribution in [0.25, 0.3) is 0 Å². The van der Waals surface area contributed by atoms with E-state index in [9.17, 15) is 9.59 Å².